The Bertz CT molecular complexity index is 1430. The molecule has 2 amide bonds. The summed E-state index contributed by atoms with van der Waals surface area (Å²) in [6, 6.07) is 7.20. The van der Waals surface area contributed by atoms with Crippen LogP contribution in [-0.4, -0.2) is 41.6 Å². The van der Waals surface area contributed by atoms with Crippen molar-refractivity contribution in [2.24, 2.45) is 11.8 Å². The standard InChI is InChI=1S/C33H35F4N3O3/c1-20-6-4-10-28(34)29(20)32(43)40-17-5-9-26(30(40)21-11-14-24(15-12-21)38-23-7-2-3-8-23)31(42)39-25-16-13-22(19-41)27(18-25)33(35,36)37/h4,6,10-11,13-16,18-19,21,23,26,30,38H,2-3,5,7-9,12,17H2,1H3,(H,39,42)/t21-,26?,30?/m1/s1. The number of aryl methyl sites for hydroxylation is 1. The summed E-state index contributed by atoms with van der Waals surface area (Å²) in [6.07, 6.45) is 7.31. The van der Waals surface area contributed by atoms with Crippen molar-refractivity contribution >= 4 is 23.8 Å². The summed E-state index contributed by atoms with van der Waals surface area (Å²) < 4.78 is 55.7. The van der Waals surface area contributed by atoms with Crippen molar-refractivity contribution < 1.29 is 31.9 Å². The maximum atomic E-state index is 14.9. The number of hydrogen-bond donors (Lipinski definition) is 2. The highest BCUT2D eigenvalue weighted by Gasteiger charge is 2.43. The molecule has 1 aliphatic heterocycles. The fourth-order valence-electron chi connectivity index (χ4n) is 6.64. The van der Waals surface area contributed by atoms with Gasteiger partial charge in [0, 0.05) is 35.5 Å². The quantitative estimate of drug-likeness (QED) is 0.271. The van der Waals surface area contributed by atoms with Crippen LogP contribution >= 0.6 is 0 Å². The number of hydrogen-bond acceptors (Lipinski definition) is 4. The molecule has 2 unspecified atom stereocenters. The van der Waals surface area contributed by atoms with E-state index in [2.05, 4.69) is 16.7 Å². The molecule has 0 radical (unpaired) electrons. The van der Waals surface area contributed by atoms with Gasteiger partial charge < -0.3 is 15.5 Å². The summed E-state index contributed by atoms with van der Waals surface area (Å²) in [7, 11) is 0. The van der Waals surface area contributed by atoms with Crippen LogP contribution in [0.2, 0.25) is 0 Å². The van der Waals surface area contributed by atoms with E-state index in [4.69, 9.17) is 0 Å². The number of nitrogens with zero attached hydrogens (tertiary/aromatic N) is 1. The minimum Gasteiger partial charge on any atom is -0.383 e. The molecule has 1 saturated heterocycles. The average molecular weight is 598 g/mol. The lowest BCUT2D eigenvalue weighted by molar-refractivity contribution is -0.137. The van der Waals surface area contributed by atoms with Crippen LogP contribution in [0.5, 0.6) is 0 Å². The Labute approximate surface area is 248 Å². The van der Waals surface area contributed by atoms with Crippen LogP contribution in [0, 0.1) is 24.6 Å². The number of allylic oxidation sites excluding steroid dienone is 2. The number of nitrogens with one attached hydrogen (secondary N) is 2. The molecule has 3 atom stereocenters. The molecule has 43 heavy (non-hydrogen) atoms. The van der Waals surface area contributed by atoms with Gasteiger partial charge in [0.2, 0.25) is 5.91 Å². The lowest BCUT2D eigenvalue weighted by atomic mass is 9.77. The number of carbonyl (C=O) groups is 3. The predicted molar refractivity (Wildman–Crippen MR) is 155 cm³/mol. The van der Waals surface area contributed by atoms with Crippen LogP contribution in [0.25, 0.3) is 0 Å². The largest absolute Gasteiger partial charge is 0.417 e. The monoisotopic (exact) mass is 597 g/mol. The third-order valence-electron chi connectivity index (χ3n) is 8.77. The highest BCUT2D eigenvalue weighted by atomic mass is 19.4. The van der Waals surface area contributed by atoms with E-state index in [9.17, 15) is 31.9 Å². The molecule has 3 aliphatic rings. The lowest BCUT2D eigenvalue weighted by Gasteiger charge is -2.44. The molecule has 2 aliphatic carbocycles. The molecule has 2 aromatic carbocycles. The second-order valence-corrected chi connectivity index (χ2v) is 11.6. The first-order valence-electron chi connectivity index (χ1n) is 14.7. The maximum absolute atomic E-state index is 14.9. The number of aldehydes is 1. The van der Waals surface area contributed by atoms with Crippen LogP contribution in [0.1, 0.15) is 76.8 Å². The molecule has 228 valence electrons. The number of halogens is 4. The van der Waals surface area contributed by atoms with Gasteiger partial charge in [-0.2, -0.15) is 13.2 Å². The third kappa shape index (κ3) is 6.68. The van der Waals surface area contributed by atoms with Crippen molar-refractivity contribution in [1.82, 2.24) is 10.2 Å². The Hall–Kier alpha value is -3.95. The first kappa shape index (κ1) is 30.5. The Morgan fingerprint density at radius 3 is 2.47 bits per heavy atom. The smallest absolute Gasteiger partial charge is 0.383 e. The number of benzene rings is 2. The van der Waals surface area contributed by atoms with E-state index in [-0.39, 0.29) is 23.5 Å². The van der Waals surface area contributed by atoms with Crippen LogP contribution in [-0.2, 0) is 11.0 Å². The van der Waals surface area contributed by atoms with E-state index in [0.29, 0.717) is 37.4 Å². The molecule has 0 spiro atoms. The molecular weight excluding hydrogens is 562 g/mol. The van der Waals surface area contributed by atoms with Crippen molar-refractivity contribution in [2.75, 3.05) is 11.9 Å². The second-order valence-electron chi connectivity index (χ2n) is 11.6. The number of likely N-dealkylation sites (tertiary alicyclic amines) is 1. The molecule has 2 fully saturated rings. The van der Waals surface area contributed by atoms with Crippen LogP contribution in [0.4, 0.5) is 23.2 Å². The van der Waals surface area contributed by atoms with Crippen molar-refractivity contribution in [2.45, 2.75) is 70.1 Å². The van der Waals surface area contributed by atoms with Gasteiger partial charge in [0.1, 0.15) is 5.82 Å². The van der Waals surface area contributed by atoms with E-state index in [0.717, 1.165) is 30.7 Å². The zero-order chi connectivity index (χ0) is 30.7. The SMILES string of the molecule is Cc1cccc(F)c1C(=O)N1CCCC(C(=O)Nc2ccc(C=O)c(C(F)(F)F)c2)C1[C@@H]1C=CC(NC2CCCC2)=CC1. The number of amides is 2. The third-order valence-corrected chi connectivity index (χ3v) is 8.77. The molecule has 5 rings (SSSR count). The zero-order valence-electron chi connectivity index (χ0n) is 23.9. The van der Waals surface area contributed by atoms with Gasteiger partial charge in [-0.3, -0.25) is 14.4 Å². The first-order valence-corrected chi connectivity index (χ1v) is 14.7. The summed E-state index contributed by atoms with van der Waals surface area (Å²) in [5.41, 5.74) is -0.358. The predicted octanol–water partition coefficient (Wildman–Crippen LogP) is 6.82. The molecule has 0 bridgehead atoms. The van der Waals surface area contributed by atoms with E-state index in [1.165, 1.54) is 31.0 Å². The van der Waals surface area contributed by atoms with E-state index in [1.54, 1.807) is 17.9 Å². The van der Waals surface area contributed by atoms with E-state index >= 15 is 0 Å². The molecule has 2 N–H and O–H groups in total. The highest BCUT2D eigenvalue weighted by Crippen LogP contribution is 2.37. The Balaban J connectivity index is 1.44. The second kappa shape index (κ2) is 12.7. The van der Waals surface area contributed by atoms with Crippen LogP contribution in [0.15, 0.2) is 60.3 Å². The van der Waals surface area contributed by atoms with Crippen molar-refractivity contribution in [1.29, 1.82) is 0 Å². The minimum atomic E-state index is -4.78. The van der Waals surface area contributed by atoms with Gasteiger partial charge in [0.15, 0.2) is 6.29 Å². The van der Waals surface area contributed by atoms with E-state index in [1.807, 2.05) is 12.2 Å². The lowest BCUT2D eigenvalue weighted by Crippen LogP contribution is -2.55. The number of carbonyl (C=O) groups excluding carboxylic acids is 3. The number of rotatable bonds is 7. The normalized spacial score (nSPS) is 22.7. The molecule has 1 heterocycles. The fraction of sp³-hybridized carbons (Fsp3) is 0.424. The van der Waals surface area contributed by atoms with Gasteiger partial charge >= 0.3 is 6.18 Å². The number of anilines is 1. The Morgan fingerprint density at radius 1 is 1.05 bits per heavy atom. The molecule has 1 saturated carbocycles. The molecule has 10 heteroatoms. The Morgan fingerprint density at radius 2 is 1.81 bits per heavy atom. The molecule has 0 aromatic heterocycles. The van der Waals surface area contributed by atoms with Crippen LogP contribution < -0.4 is 10.6 Å². The van der Waals surface area contributed by atoms with Crippen molar-refractivity contribution in [3.05, 3.63) is 88.4 Å². The van der Waals surface area contributed by atoms with Gasteiger partial charge in [-0.25, -0.2) is 4.39 Å². The fourth-order valence-corrected chi connectivity index (χ4v) is 6.64. The number of piperidine rings is 1. The average Bonchev–Trinajstić information content (AvgIpc) is 3.49. The summed E-state index contributed by atoms with van der Waals surface area (Å²) >= 11 is 0. The summed E-state index contributed by atoms with van der Waals surface area (Å²) in [5, 5.41) is 6.16. The van der Waals surface area contributed by atoms with Gasteiger partial charge in [0.05, 0.1) is 23.1 Å². The van der Waals surface area contributed by atoms with Gasteiger partial charge in [-0.15, -0.1) is 0 Å². The van der Waals surface area contributed by atoms with E-state index < -0.39 is 46.9 Å². The summed E-state index contributed by atoms with van der Waals surface area (Å²) in [5.74, 6) is -2.74. The minimum absolute atomic E-state index is 0.0493. The highest BCUT2D eigenvalue weighted by molar-refractivity contribution is 5.98. The zero-order valence-corrected chi connectivity index (χ0v) is 23.9. The van der Waals surface area contributed by atoms with Gasteiger partial charge in [0.25, 0.3) is 5.91 Å². The van der Waals surface area contributed by atoms with Gasteiger partial charge in [-0.05, 0) is 74.9 Å². The first-order chi connectivity index (χ1) is 20.6. The summed E-state index contributed by atoms with van der Waals surface area (Å²) in [4.78, 5) is 40.4. The Kier molecular flexibility index (Phi) is 9.03. The topological polar surface area (TPSA) is 78.5 Å². The van der Waals surface area contributed by atoms with Crippen molar-refractivity contribution in [3.8, 4) is 0 Å². The molecule has 2 aromatic rings. The van der Waals surface area contributed by atoms with Crippen molar-refractivity contribution in [3.63, 3.8) is 0 Å². The molecule has 6 nitrogen and oxygen atoms in total. The number of alkyl halides is 3. The van der Waals surface area contributed by atoms with Crippen LogP contribution in [0.3, 0.4) is 0 Å². The van der Waals surface area contributed by atoms with Gasteiger partial charge in [-0.1, -0.05) is 37.1 Å². The maximum Gasteiger partial charge on any atom is 0.417 e. The summed E-state index contributed by atoms with van der Waals surface area (Å²) in [6.45, 7) is 1.97. The molecular formula is C33H35F4N3O3.